The third kappa shape index (κ3) is 4.37. The molecular weight excluding hydrogens is 511 g/mol. The number of aryl methyl sites for hydroxylation is 1. The molecule has 190 valence electrons. The number of alkyl halides is 5. The number of hydrogen-bond donors (Lipinski definition) is 1. The van der Waals surface area contributed by atoms with Gasteiger partial charge in [0, 0.05) is 18.8 Å². The molecule has 14 heteroatoms. The zero-order valence-electron chi connectivity index (χ0n) is 18.8. The van der Waals surface area contributed by atoms with Crippen LogP contribution in [0.15, 0.2) is 30.6 Å². The first-order valence-corrected chi connectivity index (χ1v) is 10.9. The molecule has 0 unspecified atom stereocenters. The molecule has 3 aromatic rings. The van der Waals surface area contributed by atoms with E-state index in [0.29, 0.717) is 24.0 Å². The number of rotatable bonds is 7. The fourth-order valence-electron chi connectivity index (χ4n) is 3.51. The molecule has 1 saturated carbocycles. The fraction of sp³-hybridized carbons (Fsp3) is 0.364. The molecule has 2 heterocycles. The smallest absolute Gasteiger partial charge is 0.459 e. The van der Waals surface area contributed by atoms with Crippen molar-refractivity contribution in [1.29, 1.82) is 5.26 Å². The van der Waals surface area contributed by atoms with Crippen molar-refractivity contribution < 1.29 is 31.5 Å². The number of aromatic nitrogens is 4. The largest absolute Gasteiger partial charge is 0.488 e. The highest BCUT2D eigenvalue weighted by atomic mass is 35.5. The average molecular weight is 529 g/mol. The molecular formula is C22H18ClF5N6O2. The highest BCUT2D eigenvalue weighted by molar-refractivity contribution is 6.34. The third-order valence-electron chi connectivity index (χ3n) is 5.58. The number of carbonyl (C=O) groups is 1. The first kappa shape index (κ1) is 25.4. The predicted molar refractivity (Wildman–Crippen MR) is 117 cm³/mol. The Morgan fingerprint density at radius 3 is 2.56 bits per heavy atom. The lowest BCUT2D eigenvalue weighted by Crippen LogP contribution is -2.35. The van der Waals surface area contributed by atoms with E-state index in [1.807, 2.05) is 0 Å². The van der Waals surface area contributed by atoms with Gasteiger partial charge in [0.15, 0.2) is 17.3 Å². The number of nitrogens with one attached hydrogen (secondary N) is 1. The van der Waals surface area contributed by atoms with Crippen LogP contribution in [0.25, 0.3) is 16.9 Å². The second-order valence-electron chi connectivity index (χ2n) is 8.15. The summed E-state index contributed by atoms with van der Waals surface area (Å²) in [5.74, 6) is -6.82. The van der Waals surface area contributed by atoms with Gasteiger partial charge in [-0.2, -0.15) is 37.4 Å². The van der Waals surface area contributed by atoms with Crippen LogP contribution < -0.4 is 10.1 Å². The quantitative estimate of drug-likeness (QED) is 0.446. The summed E-state index contributed by atoms with van der Waals surface area (Å²) in [4.78, 5) is 12.7. The monoisotopic (exact) mass is 528 g/mol. The maximum absolute atomic E-state index is 14.2. The Kier molecular flexibility index (Phi) is 6.20. The molecule has 0 spiro atoms. The Hall–Kier alpha value is -3.66. The summed E-state index contributed by atoms with van der Waals surface area (Å²) in [7, 11) is 1.18. The molecule has 1 aliphatic carbocycles. The van der Waals surface area contributed by atoms with Crippen LogP contribution in [-0.2, 0) is 13.0 Å². The van der Waals surface area contributed by atoms with Gasteiger partial charge in [0.05, 0.1) is 29.5 Å². The summed E-state index contributed by atoms with van der Waals surface area (Å²) in [6, 6.07) is 6.55. The lowest BCUT2D eigenvalue weighted by atomic mass is 10.1. The number of amides is 1. The minimum absolute atomic E-state index is 0.103. The van der Waals surface area contributed by atoms with Gasteiger partial charge in [0.2, 0.25) is 0 Å². The number of carbonyl (C=O) groups excluding carboxylic acids is 1. The van der Waals surface area contributed by atoms with Crippen molar-refractivity contribution >= 4 is 17.5 Å². The van der Waals surface area contributed by atoms with Crippen LogP contribution in [0.1, 0.15) is 35.8 Å². The Morgan fingerprint density at radius 2 is 1.97 bits per heavy atom. The van der Waals surface area contributed by atoms with Gasteiger partial charge in [0.1, 0.15) is 5.54 Å². The molecule has 0 bridgehead atoms. The molecule has 36 heavy (non-hydrogen) atoms. The van der Waals surface area contributed by atoms with Crippen LogP contribution in [0.2, 0.25) is 5.02 Å². The predicted octanol–water partition coefficient (Wildman–Crippen LogP) is 4.76. The van der Waals surface area contributed by atoms with Gasteiger partial charge >= 0.3 is 12.1 Å². The second kappa shape index (κ2) is 8.77. The van der Waals surface area contributed by atoms with Crippen LogP contribution in [0.5, 0.6) is 5.75 Å². The van der Waals surface area contributed by atoms with Gasteiger partial charge in [-0.3, -0.25) is 4.79 Å². The van der Waals surface area contributed by atoms with Gasteiger partial charge in [-0.15, -0.1) is 0 Å². The summed E-state index contributed by atoms with van der Waals surface area (Å²) >= 11 is 6.18. The first-order chi connectivity index (χ1) is 16.8. The van der Waals surface area contributed by atoms with Crippen molar-refractivity contribution in [2.24, 2.45) is 7.05 Å². The maximum Gasteiger partial charge on any atom is 0.459 e. The number of nitriles is 1. The highest BCUT2D eigenvalue weighted by Crippen LogP contribution is 2.48. The van der Waals surface area contributed by atoms with E-state index in [0.717, 1.165) is 9.36 Å². The summed E-state index contributed by atoms with van der Waals surface area (Å²) < 4.78 is 74.4. The molecule has 0 saturated heterocycles. The first-order valence-electron chi connectivity index (χ1n) is 10.6. The van der Waals surface area contributed by atoms with Crippen LogP contribution in [0.3, 0.4) is 0 Å². The van der Waals surface area contributed by atoms with E-state index in [1.165, 1.54) is 38.5 Å². The van der Waals surface area contributed by atoms with Crippen molar-refractivity contribution in [3.63, 3.8) is 0 Å². The standard InChI is InChI=1S/C22H18ClF5N6O2/c1-3-36-16-17(21(24,25)22(26,27)28)32-33(2)19(16)34-10-13(9-30-34)12-4-5-15(23)14(8-12)18(35)31-20(11-29)6-7-20/h4-5,8-10H,3,6-7H2,1-2H3,(H,31,35). The molecule has 1 amide bonds. The van der Waals surface area contributed by atoms with E-state index in [4.69, 9.17) is 16.3 Å². The van der Waals surface area contributed by atoms with Gasteiger partial charge in [-0.25, -0.2) is 9.36 Å². The molecule has 1 aliphatic rings. The second-order valence-corrected chi connectivity index (χ2v) is 8.55. The van der Waals surface area contributed by atoms with E-state index in [1.54, 1.807) is 6.07 Å². The molecule has 1 fully saturated rings. The van der Waals surface area contributed by atoms with E-state index >= 15 is 0 Å². The van der Waals surface area contributed by atoms with Gasteiger partial charge in [-0.1, -0.05) is 17.7 Å². The highest BCUT2D eigenvalue weighted by Gasteiger charge is 2.62. The minimum Gasteiger partial charge on any atom is -0.488 e. The number of hydrogen-bond acceptors (Lipinski definition) is 5. The van der Waals surface area contributed by atoms with Crippen LogP contribution in [0.4, 0.5) is 22.0 Å². The topological polar surface area (TPSA) is 97.8 Å². The van der Waals surface area contributed by atoms with Crippen molar-refractivity contribution in [2.75, 3.05) is 6.61 Å². The van der Waals surface area contributed by atoms with E-state index in [2.05, 4.69) is 21.6 Å². The molecule has 0 radical (unpaired) electrons. The van der Waals surface area contributed by atoms with E-state index < -0.39 is 35.0 Å². The zero-order valence-corrected chi connectivity index (χ0v) is 19.6. The number of nitrogens with zero attached hydrogens (tertiary/aromatic N) is 5. The molecule has 1 aromatic carbocycles. The normalized spacial score (nSPS) is 14.9. The average Bonchev–Trinajstić information content (AvgIpc) is 3.26. The fourth-order valence-corrected chi connectivity index (χ4v) is 3.71. The Morgan fingerprint density at radius 1 is 1.28 bits per heavy atom. The summed E-state index contributed by atoms with van der Waals surface area (Å²) in [5.41, 5.74) is -1.53. The molecule has 8 nitrogen and oxygen atoms in total. The van der Waals surface area contributed by atoms with Crippen LogP contribution in [0, 0.1) is 11.3 Å². The minimum atomic E-state index is -5.88. The summed E-state index contributed by atoms with van der Waals surface area (Å²) in [5, 5.41) is 19.5. The Balaban J connectivity index is 1.72. The summed E-state index contributed by atoms with van der Waals surface area (Å²) in [6.45, 7) is 1.23. The lowest BCUT2D eigenvalue weighted by Gasteiger charge is -2.18. The number of benzene rings is 1. The molecule has 4 rings (SSSR count). The maximum atomic E-state index is 14.2. The molecule has 0 atom stereocenters. The van der Waals surface area contributed by atoms with Gasteiger partial charge in [0.25, 0.3) is 5.91 Å². The molecule has 2 aromatic heterocycles. The SMILES string of the molecule is CCOc1c(C(F)(F)C(F)(F)F)nn(C)c1-n1cc(-c2ccc(Cl)c(C(=O)NC3(C#N)CC3)c2)cn1. The summed E-state index contributed by atoms with van der Waals surface area (Å²) in [6.07, 6.45) is -2.14. The van der Waals surface area contributed by atoms with Crippen LogP contribution in [-0.4, -0.2) is 43.8 Å². The third-order valence-corrected chi connectivity index (χ3v) is 5.91. The number of ether oxygens (including phenoxy) is 1. The van der Waals surface area contributed by atoms with E-state index in [-0.39, 0.29) is 23.0 Å². The van der Waals surface area contributed by atoms with Crippen molar-refractivity contribution in [3.05, 3.63) is 46.9 Å². The molecule has 0 aliphatic heterocycles. The Bertz CT molecular complexity index is 1370. The lowest BCUT2D eigenvalue weighted by molar-refractivity contribution is -0.291. The van der Waals surface area contributed by atoms with Crippen molar-refractivity contribution in [3.8, 4) is 28.8 Å². The Labute approximate surface area is 206 Å². The molecule has 1 N–H and O–H groups in total. The zero-order chi connectivity index (χ0) is 26.5. The van der Waals surface area contributed by atoms with Crippen LogP contribution >= 0.6 is 11.6 Å². The van der Waals surface area contributed by atoms with Gasteiger partial charge < -0.3 is 10.1 Å². The van der Waals surface area contributed by atoms with E-state index in [9.17, 15) is 32.0 Å². The van der Waals surface area contributed by atoms with Gasteiger partial charge in [-0.05, 0) is 37.5 Å². The van der Waals surface area contributed by atoms with Crippen molar-refractivity contribution in [2.45, 2.75) is 37.4 Å². The number of halogens is 6. The van der Waals surface area contributed by atoms with Crippen molar-refractivity contribution in [1.82, 2.24) is 24.9 Å².